The number of amides is 2. The van der Waals surface area contributed by atoms with Crippen LogP contribution in [0.2, 0.25) is 0 Å². The Morgan fingerprint density at radius 3 is 2.63 bits per heavy atom. The normalized spacial score (nSPS) is 10.5. The number of rotatable bonds is 5. The fraction of sp³-hybridized carbons (Fsp3) is 0.200. The molecule has 3 aromatic rings. The van der Waals surface area contributed by atoms with Crippen molar-refractivity contribution in [2.24, 2.45) is 0 Å². The Kier molecular flexibility index (Phi) is 5.40. The summed E-state index contributed by atoms with van der Waals surface area (Å²) in [7, 11) is 1.58. The lowest BCUT2D eigenvalue weighted by Crippen LogP contribution is -2.28. The number of carbonyl (C=O) groups excluding carboxylic acids is 1. The van der Waals surface area contributed by atoms with Gasteiger partial charge in [-0.05, 0) is 44.2 Å². The van der Waals surface area contributed by atoms with Crippen LogP contribution >= 0.6 is 0 Å². The highest BCUT2D eigenvalue weighted by atomic mass is 19.1. The van der Waals surface area contributed by atoms with Gasteiger partial charge in [-0.15, -0.1) is 0 Å². The van der Waals surface area contributed by atoms with E-state index >= 15 is 0 Å². The van der Waals surface area contributed by atoms with E-state index in [9.17, 15) is 9.18 Å². The number of aryl methyl sites for hydroxylation is 2. The van der Waals surface area contributed by atoms with E-state index < -0.39 is 11.8 Å². The lowest BCUT2D eigenvalue weighted by atomic mass is 10.2. The second-order valence-electron chi connectivity index (χ2n) is 6.12. The van der Waals surface area contributed by atoms with Gasteiger partial charge >= 0.3 is 6.03 Å². The van der Waals surface area contributed by atoms with Gasteiger partial charge in [0.1, 0.15) is 11.4 Å². The summed E-state index contributed by atoms with van der Waals surface area (Å²) in [6.07, 6.45) is 0. The first-order valence-corrected chi connectivity index (χ1v) is 8.48. The van der Waals surface area contributed by atoms with Crippen molar-refractivity contribution in [1.82, 2.24) is 15.1 Å². The molecule has 0 aliphatic heterocycles. The summed E-state index contributed by atoms with van der Waals surface area (Å²) >= 11 is 0. The molecule has 0 atom stereocenters. The standard InChI is InChI=1S/C20H21FN4O2/c1-13-10-14(2)25(24-13)18-9-8-16(11-17(18)21)23-20(26)22-12-15-6-4-5-7-19(15)27-3/h4-11H,12H2,1-3H3,(H2,22,23,26). The molecule has 2 aromatic carbocycles. The number of para-hydroxylation sites is 1. The van der Waals surface area contributed by atoms with Crippen molar-refractivity contribution in [3.8, 4) is 11.4 Å². The van der Waals surface area contributed by atoms with Crippen LogP contribution in [-0.4, -0.2) is 22.9 Å². The number of carbonyl (C=O) groups is 1. The number of halogens is 1. The average molecular weight is 368 g/mol. The Morgan fingerprint density at radius 1 is 1.19 bits per heavy atom. The fourth-order valence-electron chi connectivity index (χ4n) is 2.83. The van der Waals surface area contributed by atoms with Gasteiger partial charge in [0.25, 0.3) is 0 Å². The summed E-state index contributed by atoms with van der Waals surface area (Å²) in [5.74, 6) is 0.224. The first-order chi connectivity index (χ1) is 13.0. The van der Waals surface area contributed by atoms with Gasteiger partial charge in [0.2, 0.25) is 0 Å². The maximum Gasteiger partial charge on any atom is 0.319 e. The van der Waals surface area contributed by atoms with E-state index in [-0.39, 0.29) is 0 Å². The highest BCUT2D eigenvalue weighted by Gasteiger charge is 2.11. The SMILES string of the molecule is COc1ccccc1CNC(=O)Nc1ccc(-n2nc(C)cc2C)c(F)c1. The molecule has 2 N–H and O–H groups in total. The van der Waals surface area contributed by atoms with Crippen LogP contribution in [-0.2, 0) is 6.54 Å². The summed E-state index contributed by atoms with van der Waals surface area (Å²) in [5.41, 5.74) is 3.18. The predicted octanol–water partition coefficient (Wildman–Crippen LogP) is 3.96. The molecule has 140 valence electrons. The predicted molar refractivity (Wildman–Crippen MR) is 102 cm³/mol. The van der Waals surface area contributed by atoms with E-state index in [1.165, 1.54) is 10.7 Å². The van der Waals surface area contributed by atoms with Crippen LogP contribution in [0.4, 0.5) is 14.9 Å². The van der Waals surface area contributed by atoms with Crippen LogP contribution in [0.15, 0.2) is 48.5 Å². The molecule has 0 unspecified atom stereocenters. The molecule has 3 rings (SSSR count). The zero-order valence-corrected chi connectivity index (χ0v) is 15.4. The van der Waals surface area contributed by atoms with Gasteiger partial charge in [-0.25, -0.2) is 13.9 Å². The van der Waals surface area contributed by atoms with Gasteiger partial charge in [-0.1, -0.05) is 18.2 Å². The Hall–Kier alpha value is -3.35. The smallest absolute Gasteiger partial charge is 0.319 e. The monoisotopic (exact) mass is 368 g/mol. The number of methoxy groups -OCH3 is 1. The molecule has 0 saturated carbocycles. The van der Waals surface area contributed by atoms with Crippen LogP contribution in [0.3, 0.4) is 0 Å². The zero-order valence-electron chi connectivity index (χ0n) is 15.4. The Morgan fingerprint density at radius 2 is 1.96 bits per heavy atom. The Labute approximate surface area is 157 Å². The Bertz CT molecular complexity index is 968. The first kappa shape index (κ1) is 18.4. The number of ether oxygens (including phenoxy) is 1. The van der Waals surface area contributed by atoms with Crippen molar-refractivity contribution in [3.63, 3.8) is 0 Å². The van der Waals surface area contributed by atoms with Crippen LogP contribution in [0, 0.1) is 19.7 Å². The highest BCUT2D eigenvalue weighted by Crippen LogP contribution is 2.20. The van der Waals surface area contributed by atoms with Crippen molar-refractivity contribution in [1.29, 1.82) is 0 Å². The van der Waals surface area contributed by atoms with E-state index in [4.69, 9.17) is 4.74 Å². The molecule has 27 heavy (non-hydrogen) atoms. The average Bonchev–Trinajstić information content (AvgIpc) is 2.98. The van der Waals surface area contributed by atoms with Crippen molar-refractivity contribution < 1.29 is 13.9 Å². The second kappa shape index (κ2) is 7.90. The quantitative estimate of drug-likeness (QED) is 0.716. The minimum Gasteiger partial charge on any atom is -0.496 e. The molecule has 1 aromatic heterocycles. The lowest BCUT2D eigenvalue weighted by molar-refractivity contribution is 0.251. The summed E-state index contributed by atoms with van der Waals surface area (Å²) in [5, 5.41) is 9.64. The third kappa shape index (κ3) is 4.25. The Balaban J connectivity index is 1.66. The molecule has 0 aliphatic carbocycles. The van der Waals surface area contributed by atoms with Crippen LogP contribution in [0.25, 0.3) is 5.69 Å². The molecule has 2 amide bonds. The van der Waals surface area contributed by atoms with Crippen molar-refractivity contribution >= 4 is 11.7 Å². The molecular weight excluding hydrogens is 347 g/mol. The fourth-order valence-corrected chi connectivity index (χ4v) is 2.83. The topological polar surface area (TPSA) is 68.2 Å². The number of hydrogen-bond donors (Lipinski definition) is 2. The minimum absolute atomic E-state index is 0.294. The van der Waals surface area contributed by atoms with Gasteiger partial charge in [-0.3, -0.25) is 0 Å². The number of hydrogen-bond acceptors (Lipinski definition) is 3. The van der Waals surface area contributed by atoms with Gasteiger partial charge in [0, 0.05) is 23.5 Å². The molecule has 0 radical (unpaired) electrons. The highest BCUT2D eigenvalue weighted by molar-refractivity contribution is 5.89. The maximum atomic E-state index is 14.5. The number of nitrogens with one attached hydrogen (secondary N) is 2. The second-order valence-corrected chi connectivity index (χ2v) is 6.12. The third-order valence-electron chi connectivity index (χ3n) is 4.08. The van der Waals surface area contributed by atoms with Crippen molar-refractivity contribution in [2.45, 2.75) is 20.4 Å². The van der Waals surface area contributed by atoms with Crippen molar-refractivity contribution in [2.75, 3.05) is 12.4 Å². The zero-order chi connectivity index (χ0) is 19.4. The maximum absolute atomic E-state index is 14.5. The molecule has 0 saturated heterocycles. The van der Waals surface area contributed by atoms with E-state index in [1.807, 2.05) is 44.2 Å². The number of aromatic nitrogens is 2. The van der Waals surface area contributed by atoms with E-state index in [2.05, 4.69) is 15.7 Å². The molecular formula is C20H21FN4O2. The summed E-state index contributed by atoms with van der Waals surface area (Å²) in [4.78, 5) is 12.1. The number of urea groups is 1. The minimum atomic E-state index is -0.469. The van der Waals surface area contributed by atoms with Crippen LogP contribution in [0.1, 0.15) is 17.0 Å². The van der Waals surface area contributed by atoms with Crippen LogP contribution < -0.4 is 15.4 Å². The van der Waals surface area contributed by atoms with Gasteiger partial charge in [0.15, 0.2) is 5.82 Å². The lowest BCUT2D eigenvalue weighted by Gasteiger charge is -2.12. The van der Waals surface area contributed by atoms with E-state index in [0.29, 0.717) is 23.7 Å². The third-order valence-corrected chi connectivity index (χ3v) is 4.08. The van der Waals surface area contributed by atoms with Gasteiger partial charge < -0.3 is 15.4 Å². The molecule has 7 heteroatoms. The summed E-state index contributed by atoms with van der Waals surface area (Å²) in [6.45, 7) is 4.00. The van der Waals surface area contributed by atoms with E-state index in [0.717, 1.165) is 17.0 Å². The molecule has 0 bridgehead atoms. The molecule has 0 spiro atoms. The number of benzene rings is 2. The van der Waals surface area contributed by atoms with Crippen molar-refractivity contribution in [3.05, 3.63) is 71.3 Å². The number of anilines is 1. The number of nitrogens with zero attached hydrogens (tertiary/aromatic N) is 2. The first-order valence-electron chi connectivity index (χ1n) is 8.48. The molecule has 1 heterocycles. The molecule has 0 aliphatic rings. The molecule has 0 fully saturated rings. The summed E-state index contributed by atoms with van der Waals surface area (Å²) < 4.78 is 21.3. The van der Waals surface area contributed by atoms with E-state index in [1.54, 1.807) is 19.2 Å². The molecule has 6 nitrogen and oxygen atoms in total. The van der Waals surface area contributed by atoms with Gasteiger partial charge in [-0.2, -0.15) is 5.10 Å². The summed E-state index contributed by atoms with van der Waals surface area (Å²) in [6, 6.07) is 13.3. The van der Waals surface area contributed by atoms with Gasteiger partial charge in [0.05, 0.1) is 12.8 Å². The van der Waals surface area contributed by atoms with Crippen LogP contribution in [0.5, 0.6) is 5.75 Å². The largest absolute Gasteiger partial charge is 0.496 e.